The van der Waals surface area contributed by atoms with Gasteiger partial charge in [-0.1, -0.05) is 12.1 Å². The van der Waals surface area contributed by atoms with Gasteiger partial charge in [-0.3, -0.25) is 10.1 Å². The molecule has 9 heteroatoms. The van der Waals surface area contributed by atoms with Crippen molar-refractivity contribution in [3.63, 3.8) is 0 Å². The molecule has 0 aliphatic rings. The highest BCUT2D eigenvalue weighted by atomic mass is 32.2. The molecule has 0 aliphatic heterocycles. The summed E-state index contributed by atoms with van der Waals surface area (Å²) in [5.41, 5.74) is 0.435. The highest BCUT2D eigenvalue weighted by Crippen LogP contribution is 2.30. The van der Waals surface area contributed by atoms with Gasteiger partial charge in [0, 0.05) is 12.6 Å². The van der Waals surface area contributed by atoms with Gasteiger partial charge in [0.05, 0.1) is 23.3 Å². The largest absolute Gasteiger partial charge is 0.459 e. The number of benzene rings is 1. The van der Waals surface area contributed by atoms with Crippen LogP contribution in [0.5, 0.6) is 0 Å². The fraction of sp³-hybridized carbons (Fsp3) is 0.333. The minimum atomic E-state index is -3.15. The molecule has 0 amide bonds. The van der Waals surface area contributed by atoms with Crippen molar-refractivity contribution in [2.75, 3.05) is 19.3 Å². The Morgan fingerprint density at radius 2 is 1.92 bits per heavy atom. The number of nitro groups is 1. The minimum Gasteiger partial charge on any atom is -0.459 e. The lowest BCUT2D eigenvalue weighted by atomic mass is 10.1. The molecule has 0 unspecified atom stereocenters. The molecule has 24 heavy (non-hydrogen) atoms. The van der Waals surface area contributed by atoms with Gasteiger partial charge in [0.2, 0.25) is 10.0 Å². The van der Waals surface area contributed by atoms with Crippen LogP contribution in [0.1, 0.15) is 12.2 Å². The summed E-state index contributed by atoms with van der Waals surface area (Å²) in [6.07, 6.45) is 1.76. The van der Waals surface area contributed by atoms with Gasteiger partial charge in [-0.2, -0.15) is 0 Å². The molecule has 0 aliphatic carbocycles. The Morgan fingerprint density at radius 3 is 2.62 bits per heavy atom. The van der Waals surface area contributed by atoms with Gasteiger partial charge in [-0.15, -0.1) is 0 Å². The highest BCUT2D eigenvalue weighted by molar-refractivity contribution is 7.88. The lowest BCUT2D eigenvalue weighted by molar-refractivity contribution is -0.384. The fourth-order valence-electron chi connectivity index (χ4n) is 2.14. The van der Waals surface area contributed by atoms with Gasteiger partial charge >= 0.3 is 0 Å². The second-order valence-electron chi connectivity index (χ2n) is 5.24. The first-order valence-corrected chi connectivity index (χ1v) is 9.24. The van der Waals surface area contributed by atoms with Crippen LogP contribution in [-0.4, -0.2) is 32.7 Å². The summed E-state index contributed by atoms with van der Waals surface area (Å²) in [6, 6.07) is 9.86. The zero-order valence-corrected chi connectivity index (χ0v) is 14.0. The molecule has 0 spiro atoms. The normalized spacial score (nSPS) is 11.5. The van der Waals surface area contributed by atoms with Gasteiger partial charge in [0.15, 0.2) is 0 Å². The Labute approximate surface area is 140 Å². The van der Waals surface area contributed by atoms with Crippen LogP contribution >= 0.6 is 0 Å². The maximum atomic E-state index is 11.0. The first-order chi connectivity index (χ1) is 11.4. The van der Waals surface area contributed by atoms with Gasteiger partial charge in [-0.25, -0.2) is 13.1 Å². The van der Waals surface area contributed by atoms with E-state index < -0.39 is 14.9 Å². The molecular formula is C15H19N3O5S. The van der Waals surface area contributed by atoms with Gasteiger partial charge < -0.3 is 9.73 Å². The lowest BCUT2D eigenvalue weighted by Crippen LogP contribution is -2.26. The number of rotatable bonds is 9. The van der Waals surface area contributed by atoms with E-state index in [1.54, 1.807) is 30.3 Å². The fourth-order valence-corrected chi connectivity index (χ4v) is 2.66. The standard InChI is InChI=1S/C15H19N3O5S/c1-24(21,22)17-10-4-9-16-11-12-7-8-15(23-12)13-5-2-3-6-14(13)18(19)20/h2-3,5-8,16-17H,4,9-11H2,1H3. The molecule has 2 aromatic rings. The summed E-state index contributed by atoms with van der Waals surface area (Å²) in [6.45, 7) is 1.44. The predicted molar refractivity (Wildman–Crippen MR) is 90.0 cm³/mol. The van der Waals surface area contributed by atoms with Crippen molar-refractivity contribution in [2.45, 2.75) is 13.0 Å². The number of hydrogen-bond donors (Lipinski definition) is 2. The van der Waals surface area contributed by atoms with Crippen LogP contribution in [0, 0.1) is 10.1 Å². The van der Waals surface area contributed by atoms with Crippen molar-refractivity contribution in [2.24, 2.45) is 0 Å². The van der Waals surface area contributed by atoms with Crippen molar-refractivity contribution >= 4 is 15.7 Å². The van der Waals surface area contributed by atoms with E-state index in [4.69, 9.17) is 4.42 Å². The van der Waals surface area contributed by atoms with Crippen molar-refractivity contribution in [3.05, 3.63) is 52.3 Å². The Kier molecular flexibility index (Phi) is 6.07. The maximum absolute atomic E-state index is 11.0. The molecule has 130 valence electrons. The molecule has 8 nitrogen and oxygen atoms in total. The topological polar surface area (TPSA) is 114 Å². The summed E-state index contributed by atoms with van der Waals surface area (Å²) in [5.74, 6) is 1.09. The quantitative estimate of drug-likeness (QED) is 0.404. The van der Waals surface area contributed by atoms with E-state index >= 15 is 0 Å². The molecular weight excluding hydrogens is 334 g/mol. The average molecular weight is 353 g/mol. The molecule has 2 rings (SSSR count). The Bertz CT molecular complexity index is 801. The van der Waals surface area contributed by atoms with E-state index in [1.165, 1.54) is 6.07 Å². The Hall–Kier alpha value is -2.23. The third-order valence-corrected chi connectivity index (χ3v) is 3.95. The third-order valence-electron chi connectivity index (χ3n) is 3.22. The number of nitro benzene ring substituents is 1. The molecule has 2 N–H and O–H groups in total. The first-order valence-electron chi connectivity index (χ1n) is 7.34. The third kappa shape index (κ3) is 5.44. The molecule has 1 heterocycles. The molecule has 0 radical (unpaired) electrons. The maximum Gasteiger partial charge on any atom is 0.280 e. The number of hydrogen-bond acceptors (Lipinski definition) is 6. The molecule has 1 aromatic carbocycles. The molecule has 0 atom stereocenters. The van der Waals surface area contributed by atoms with Crippen LogP contribution in [0.3, 0.4) is 0 Å². The van der Waals surface area contributed by atoms with Crippen LogP contribution in [-0.2, 0) is 16.6 Å². The van der Waals surface area contributed by atoms with Crippen LogP contribution < -0.4 is 10.0 Å². The van der Waals surface area contributed by atoms with E-state index in [-0.39, 0.29) is 5.69 Å². The number of para-hydroxylation sites is 1. The van der Waals surface area contributed by atoms with Crippen LogP contribution in [0.25, 0.3) is 11.3 Å². The molecule has 0 bridgehead atoms. The lowest BCUT2D eigenvalue weighted by Gasteiger charge is -2.04. The molecule has 0 saturated carbocycles. The summed E-state index contributed by atoms with van der Waals surface area (Å²) in [4.78, 5) is 10.6. The number of nitrogens with one attached hydrogen (secondary N) is 2. The van der Waals surface area contributed by atoms with Crippen molar-refractivity contribution in [1.82, 2.24) is 10.0 Å². The summed E-state index contributed by atoms with van der Waals surface area (Å²) in [7, 11) is -3.15. The van der Waals surface area contributed by atoms with Crippen molar-refractivity contribution in [1.29, 1.82) is 0 Å². The van der Waals surface area contributed by atoms with Gasteiger partial charge in [0.25, 0.3) is 5.69 Å². The Morgan fingerprint density at radius 1 is 1.17 bits per heavy atom. The number of furan rings is 1. The van der Waals surface area contributed by atoms with E-state index in [0.29, 0.717) is 43.1 Å². The van der Waals surface area contributed by atoms with Gasteiger partial charge in [0.1, 0.15) is 11.5 Å². The molecule has 0 saturated heterocycles. The second-order valence-corrected chi connectivity index (χ2v) is 7.07. The van der Waals surface area contributed by atoms with Crippen LogP contribution in [0.2, 0.25) is 0 Å². The van der Waals surface area contributed by atoms with E-state index in [1.807, 2.05) is 0 Å². The van der Waals surface area contributed by atoms with Crippen molar-refractivity contribution < 1.29 is 17.8 Å². The minimum absolute atomic E-state index is 0.00166. The Balaban J connectivity index is 1.87. The number of nitrogens with zero attached hydrogens (tertiary/aromatic N) is 1. The van der Waals surface area contributed by atoms with Crippen LogP contribution in [0.15, 0.2) is 40.8 Å². The van der Waals surface area contributed by atoms with Crippen molar-refractivity contribution in [3.8, 4) is 11.3 Å². The smallest absolute Gasteiger partial charge is 0.280 e. The highest BCUT2D eigenvalue weighted by Gasteiger charge is 2.16. The summed E-state index contributed by atoms with van der Waals surface area (Å²) >= 11 is 0. The molecule has 0 fully saturated rings. The van der Waals surface area contributed by atoms with Crippen LogP contribution in [0.4, 0.5) is 5.69 Å². The van der Waals surface area contributed by atoms with E-state index in [9.17, 15) is 18.5 Å². The number of sulfonamides is 1. The SMILES string of the molecule is CS(=O)(=O)NCCCNCc1ccc(-c2ccccc2[N+](=O)[O-])o1. The van der Waals surface area contributed by atoms with Gasteiger partial charge in [-0.05, 0) is 31.2 Å². The molecule has 1 aromatic heterocycles. The summed E-state index contributed by atoms with van der Waals surface area (Å²) < 4.78 is 29.9. The average Bonchev–Trinajstić information content (AvgIpc) is 2.98. The zero-order valence-electron chi connectivity index (χ0n) is 13.2. The zero-order chi connectivity index (χ0) is 17.6. The summed E-state index contributed by atoms with van der Waals surface area (Å²) in [5, 5.41) is 14.2. The first kappa shape index (κ1) is 18.1. The second kappa shape index (κ2) is 8.04. The monoisotopic (exact) mass is 353 g/mol. The van der Waals surface area contributed by atoms with E-state index in [0.717, 1.165) is 6.26 Å². The predicted octanol–water partition coefficient (Wildman–Crippen LogP) is 1.88. The van der Waals surface area contributed by atoms with E-state index in [2.05, 4.69) is 10.0 Å².